The van der Waals surface area contributed by atoms with Crippen molar-refractivity contribution in [2.24, 2.45) is 0 Å². The van der Waals surface area contributed by atoms with Gasteiger partial charge in [0.2, 0.25) is 0 Å². The number of nitrogens with one attached hydrogen (secondary N) is 3. The van der Waals surface area contributed by atoms with Gasteiger partial charge in [-0.3, -0.25) is 9.89 Å². The third-order valence-corrected chi connectivity index (χ3v) is 3.99. The quantitative estimate of drug-likeness (QED) is 0.810. The van der Waals surface area contributed by atoms with E-state index in [1.165, 1.54) is 12.1 Å². The zero-order chi connectivity index (χ0) is 15.7. The van der Waals surface area contributed by atoms with Crippen LogP contribution < -0.4 is 10.6 Å². The van der Waals surface area contributed by atoms with E-state index in [4.69, 9.17) is 0 Å². The number of halogens is 1. The Morgan fingerprint density at radius 2 is 2.23 bits per heavy atom. The summed E-state index contributed by atoms with van der Waals surface area (Å²) in [5.41, 5.74) is 2.36. The Morgan fingerprint density at radius 1 is 1.41 bits per heavy atom. The summed E-state index contributed by atoms with van der Waals surface area (Å²) >= 11 is 0. The molecule has 3 N–H and O–H groups in total. The second-order valence-electron chi connectivity index (χ2n) is 6.05. The lowest BCUT2D eigenvalue weighted by molar-refractivity contribution is 0.0905. The summed E-state index contributed by atoms with van der Waals surface area (Å²) in [6, 6.07) is 6.25. The van der Waals surface area contributed by atoms with Crippen LogP contribution in [0.15, 0.2) is 24.3 Å². The number of aromatic nitrogens is 2. The molecule has 0 saturated carbocycles. The van der Waals surface area contributed by atoms with Crippen LogP contribution in [-0.2, 0) is 18.5 Å². The average Bonchev–Trinajstić information content (AvgIpc) is 2.91. The highest BCUT2D eigenvalue weighted by Crippen LogP contribution is 2.22. The molecular formula is C16H19FN4O. The Labute approximate surface area is 128 Å². The first kappa shape index (κ1) is 14.7. The van der Waals surface area contributed by atoms with Crippen molar-refractivity contribution in [1.29, 1.82) is 0 Å². The molecule has 22 heavy (non-hydrogen) atoms. The van der Waals surface area contributed by atoms with E-state index in [-0.39, 0.29) is 11.7 Å². The zero-order valence-corrected chi connectivity index (χ0v) is 12.7. The summed E-state index contributed by atoms with van der Waals surface area (Å²) in [5, 5.41) is 13.2. The Morgan fingerprint density at radius 3 is 3.00 bits per heavy atom. The van der Waals surface area contributed by atoms with Gasteiger partial charge in [0.25, 0.3) is 5.91 Å². The normalized spacial score (nSPS) is 14.5. The lowest BCUT2D eigenvalue weighted by Gasteiger charge is -2.27. The van der Waals surface area contributed by atoms with Crippen molar-refractivity contribution in [2.45, 2.75) is 32.4 Å². The summed E-state index contributed by atoms with van der Waals surface area (Å²) < 4.78 is 13.4. The number of carbonyl (C=O) groups is 1. The number of H-pyrrole nitrogens is 1. The van der Waals surface area contributed by atoms with Crippen LogP contribution in [0.25, 0.3) is 0 Å². The van der Waals surface area contributed by atoms with Crippen molar-refractivity contribution < 1.29 is 9.18 Å². The van der Waals surface area contributed by atoms with Crippen LogP contribution in [0.1, 0.15) is 41.2 Å². The molecule has 116 valence electrons. The van der Waals surface area contributed by atoms with Crippen LogP contribution in [-0.4, -0.2) is 22.6 Å². The minimum absolute atomic E-state index is 0.254. The van der Waals surface area contributed by atoms with Crippen LogP contribution in [0.4, 0.5) is 4.39 Å². The maximum atomic E-state index is 13.4. The molecule has 1 amide bonds. The van der Waals surface area contributed by atoms with E-state index < -0.39 is 5.54 Å². The Hall–Kier alpha value is -2.21. The van der Waals surface area contributed by atoms with Gasteiger partial charge in [0, 0.05) is 30.8 Å². The fourth-order valence-electron chi connectivity index (χ4n) is 2.71. The van der Waals surface area contributed by atoms with Crippen LogP contribution in [0.5, 0.6) is 0 Å². The van der Waals surface area contributed by atoms with Crippen LogP contribution in [0.3, 0.4) is 0 Å². The highest BCUT2D eigenvalue weighted by molar-refractivity contribution is 5.94. The smallest absolute Gasteiger partial charge is 0.272 e. The maximum absolute atomic E-state index is 13.4. The molecule has 1 aromatic carbocycles. The molecule has 0 fully saturated rings. The molecule has 0 saturated heterocycles. The van der Waals surface area contributed by atoms with Crippen LogP contribution in [0.2, 0.25) is 0 Å². The summed E-state index contributed by atoms with van der Waals surface area (Å²) in [4.78, 5) is 12.5. The van der Waals surface area contributed by atoms with Gasteiger partial charge >= 0.3 is 0 Å². The molecule has 0 spiro atoms. The molecule has 3 rings (SSSR count). The van der Waals surface area contributed by atoms with E-state index in [9.17, 15) is 9.18 Å². The van der Waals surface area contributed by atoms with Gasteiger partial charge in [-0.25, -0.2) is 4.39 Å². The molecule has 5 nitrogen and oxygen atoms in total. The molecule has 2 heterocycles. The molecule has 1 aliphatic rings. The second kappa shape index (κ2) is 5.53. The largest absolute Gasteiger partial charge is 0.342 e. The first-order chi connectivity index (χ1) is 10.5. The Kier molecular flexibility index (Phi) is 3.70. The molecule has 6 heteroatoms. The lowest BCUT2D eigenvalue weighted by Crippen LogP contribution is -2.41. The summed E-state index contributed by atoms with van der Waals surface area (Å²) in [6.07, 6.45) is 0.836. The van der Waals surface area contributed by atoms with Gasteiger partial charge in [0.1, 0.15) is 5.82 Å². The van der Waals surface area contributed by atoms with Crippen molar-refractivity contribution in [2.75, 3.05) is 6.54 Å². The van der Waals surface area contributed by atoms with E-state index in [2.05, 4.69) is 20.8 Å². The first-order valence-corrected chi connectivity index (χ1v) is 7.33. The van der Waals surface area contributed by atoms with Crippen molar-refractivity contribution in [3.63, 3.8) is 0 Å². The topological polar surface area (TPSA) is 69.8 Å². The predicted octanol–water partition coefficient (Wildman–Crippen LogP) is 1.86. The number of carbonyl (C=O) groups excluding carboxylic acids is 1. The maximum Gasteiger partial charge on any atom is 0.272 e. The number of benzene rings is 1. The number of fused-ring (bicyclic) bond motifs is 1. The molecule has 0 bridgehead atoms. The number of rotatable bonds is 3. The van der Waals surface area contributed by atoms with Gasteiger partial charge < -0.3 is 10.6 Å². The van der Waals surface area contributed by atoms with Gasteiger partial charge in [-0.1, -0.05) is 12.1 Å². The standard InChI is InChI=1S/C16H19FN4O/c1-16(2,10-4-3-5-11(17)8-10)19-15(22)14-12-9-18-7-6-13(12)20-21-14/h3-5,8,18H,6-7,9H2,1-2H3,(H,19,22)(H,20,21). The number of hydrogen-bond donors (Lipinski definition) is 3. The molecule has 1 aromatic heterocycles. The summed E-state index contributed by atoms with van der Waals surface area (Å²) in [5.74, 6) is -0.573. The highest BCUT2D eigenvalue weighted by atomic mass is 19.1. The fraction of sp³-hybridized carbons (Fsp3) is 0.375. The van der Waals surface area contributed by atoms with E-state index in [0.717, 1.165) is 24.2 Å². The molecule has 1 aliphatic heterocycles. The lowest BCUT2D eigenvalue weighted by atomic mass is 9.93. The van der Waals surface area contributed by atoms with Gasteiger partial charge in [-0.05, 0) is 31.5 Å². The third-order valence-electron chi connectivity index (χ3n) is 3.99. The van der Waals surface area contributed by atoms with Gasteiger partial charge in [0.05, 0.1) is 5.54 Å². The average molecular weight is 302 g/mol. The van der Waals surface area contributed by atoms with E-state index in [1.54, 1.807) is 12.1 Å². The van der Waals surface area contributed by atoms with E-state index in [0.29, 0.717) is 17.8 Å². The van der Waals surface area contributed by atoms with Gasteiger partial charge in [-0.2, -0.15) is 5.10 Å². The SMILES string of the molecule is CC(C)(NC(=O)c1n[nH]c2c1CNCC2)c1cccc(F)c1. The van der Waals surface area contributed by atoms with Crippen molar-refractivity contribution in [3.05, 3.63) is 52.6 Å². The van der Waals surface area contributed by atoms with Gasteiger partial charge in [0.15, 0.2) is 5.69 Å². The van der Waals surface area contributed by atoms with Crippen molar-refractivity contribution >= 4 is 5.91 Å². The molecule has 0 aliphatic carbocycles. The first-order valence-electron chi connectivity index (χ1n) is 7.33. The summed E-state index contributed by atoms with van der Waals surface area (Å²) in [7, 11) is 0. The number of amides is 1. The van der Waals surface area contributed by atoms with E-state index >= 15 is 0 Å². The highest BCUT2D eigenvalue weighted by Gasteiger charge is 2.28. The summed E-state index contributed by atoms with van der Waals surface area (Å²) in [6.45, 7) is 5.20. The number of hydrogen-bond acceptors (Lipinski definition) is 3. The van der Waals surface area contributed by atoms with E-state index in [1.807, 2.05) is 13.8 Å². The van der Waals surface area contributed by atoms with Gasteiger partial charge in [-0.15, -0.1) is 0 Å². The molecular weight excluding hydrogens is 283 g/mol. The fourth-order valence-corrected chi connectivity index (χ4v) is 2.71. The minimum atomic E-state index is -0.687. The predicted molar refractivity (Wildman–Crippen MR) is 80.9 cm³/mol. The third kappa shape index (κ3) is 2.74. The second-order valence-corrected chi connectivity index (χ2v) is 6.05. The van der Waals surface area contributed by atoms with Crippen LogP contribution >= 0.6 is 0 Å². The minimum Gasteiger partial charge on any atom is -0.342 e. The number of nitrogens with zero attached hydrogens (tertiary/aromatic N) is 1. The molecule has 2 aromatic rings. The molecule has 0 atom stereocenters. The zero-order valence-electron chi connectivity index (χ0n) is 12.7. The molecule has 0 unspecified atom stereocenters. The Balaban J connectivity index is 1.83. The number of aromatic amines is 1. The van der Waals surface area contributed by atoms with Crippen LogP contribution in [0, 0.1) is 5.82 Å². The monoisotopic (exact) mass is 302 g/mol. The Bertz CT molecular complexity index is 708. The van der Waals surface area contributed by atoms with Crippen molar-refractivity contribution in [1.82, 2.24) is 20.8 Å². The molecule has 0 radical (unpaired) electrons. The van der Waals surface area contributed by atoms with Crippen molar-refractivity contribution in [3.8, 4) is 0 Å².